The molecule has 0 aliphatic rings. The summed E-state index contributed by atoms with van der Waals surface area (Å²) in [7, 11) is 3.04. The Balaban J connectivity index is 2.26. The lowest BCUT2D eigenvalue weighted by Gasteiger charge is -2.22. The third-order valence-corrected chi connectivity index (χ3v) is 4.88. The normalized spacial score (nSPS) is 11.4. The Morgan fingerprint density at radius 1 is 1.19 bits per heavy atom. The molecular weight excluding hydrogens is 420 g/mol. The smallest absolute Gasteiger partial charge is 0.249 e. The van der Waals surface area contributed by atoms with Gasteiger partial charge in [0, 0.05) is 38.9 Å². The Bertz CT molecular complexity index is 892. The second-order valence-electron chi connectivity index (χ2n) is 8.17. The molecule has 0 unspecified atom stereocenters. The lowest BCUT2D eigenvalue weighted by molar-refractivity contribution is -0.138. The molecule has 31 heavy (non-hydrogen) atoms. The summed E-state index contributed by atoms with van der Waals surface area (Å²) in [6, 6.07) is 9.11. The fourth-order valence-electron chi connectivity index (χ4n) is 2.91. The van der Waals surface area contributed by atoms with Crippen molar-refractivity contribution in [3.63, 3.8) is 0 Å². The van der Waals surface area contributed by atoms with Gasteiger partial charge in [0.25, 0.3) is 0 Å². The molecule has 0 radical (unpaired) electrons. The van der Waals surface area contributed by atoms with Crippen LogP contribution in [0.15, 0.2) is 30.3 Å². The molecule has 0 spiro atoms. The minimum Gasteiger partial charge on any atom is -0.385 e. The van der Waals surface area contributed by atoms with Gasteiger partial charge in [0.1, 0.15) is 12.4 Å². The standard InChI is InChI=1S/C22H31ClN4O4/c1-22(2,3)18-13-19(27(25-18)17-10-7-6-9-16(17)23)24-20(28)14-26(11-8-12-30-4)21(29)15-31-5/h6-7,9-10,13H,8,11-12,14-15H2,1-5H3,(H,24,28). The van der Waals surface area contributed by atoms with Gasteiger partial charge in [-0.2, -0.15) is 5.10 Å². The van der Waals surface area contributed by atoms with E-state index in [1.54, 1.807) is 17.9 Å². The minimum atomic E-state index is -0.337. The van der Waals surface area contributed by atoms with Gasteiger partial charge in [0.2, 0.25) is 11.8 Å². The third kappa shape index (κ3) is 7.05. The number of benzene rings is 1. The van der Waals surface area contributed by atoms with Gasteiger partial charge in [-0.3, -0.25) is 9.59 Å². The molecule has 2 amide bonds. The number of nitrogens with one attached hydrogen (secondary N) is 1. The molecule has 1 N–H and O–H groups in total. The predicted molar refractivity (Wildman–Crippen MR) is 121 cm³/mol. The molecule has 1 aromatic carbocycles. The van der Waals surface area contributed by atoms with E-state index in [-0.39, 0.29) is 30.4 Å². The van der Waals surface area contributed by atoms with Crippen LogP contribution in [0.5, 0.6) is 0 Å². The third-order valence-electron chi connectivity index (χ3n) is 4.56. The van der Waals surface area contributed by atoms with Gasteiger partial charge in [-0.25, -0.2) is 4.68 Å². The predicted octanol–water partition coefficient (Wildman–Crippen LogP) is 3.27. The summed E-state index contributed by atoms with van der Waals surface area (Å²) >= 11 is 6.37. The van der Waals surface area contributed by atoms with E-state index < -0.39 is 0 Å². The van der Waals surface area contributed by atoms with Crippen LogP contribution < -0.4 is 5.32 Å². The van der Waals surface area contributed by atoms with Crippen molar-refractivity contribution in [2.24, 2.45) is 0 Å². The highest BCUT2D eigenvalue weighted by molar-refractivity contribution is 6.32. The van der Waals surface area contributed by atoms with Crippen LogP contribution >= 0.6 is 11.6 Å². The molecule has 0 saturated carbocycles. The van der Waals surface area contributed by atoms with Crippen molar-refractivity contribution in [1.29, 1.82) is 0 Å². The summed E-state index contributed by atoms with van der Waals surface area (Å²) in [6.07, 6.45) is 0.616. The molecule has 0 fully saturated rings. The molecule has 9 heteroatoms. The quantitative estimate of drug-likeness (QED) is 0.561. The lowest BCUT2D eigenvalue weighted by atomic mass is 9.92. The molecule has 170 valence electrons. The van der Waals surface area contributed by atoms with Crippen LogP contribution in [0.25, 0.3) is 5.69 Å². The van der Waals surface area contributed by atoms with E-state index in [1.165, 1.54) is 12.0 Å². The first-order valence-electron chi connectivity index (χ1n) is 10.1. The second kappa shape index (κ2) is 11.3. The molecule has 1 aromatic heterocycles. The summed E-state index contributed by atoms with van der Waals surface area (Å²) in [5, 5.41) is 8.07. The van der Waals surface area contributed by atoms with Gasteiger partial charge >= 0.3 is 0 Å². The number of amides is 2. The molecule has 0 atom stereocenters. The summed E-state index contributed by atoms with van der Waals surface area (Å²) in [4.78, 5) is 26.6. The van der Waals surface area contributed by atoms with Crippen LogP contribution in [-0.2, 0) is 24.5 Å². The first kappa shape index (κ1) is 24.8. The number of ether oxygens (including phenoxy) is 2. The number of para-hydroxylation sites is 1. The molecule has 0 bridgehead atoms. The summed E-state index contributed by atoms with van der Waals surface area (Å²) < 4.78 is 11.6. The molecule has 1 heterocycles. The summed E-state index contributed by atoms with van der Waals surface area (Å²) in [5.41, 5.74) is 1.23. The zero-order valence-electron chi connectivity index (χ0n) is 18.8. The number of hydrogen-bond acceptors (Lipinski definition) is 5. The van der Waals surface area contributed by atoms with Crippen LogP contribution in [0.4, 0.5) is 5.82 Å². The second-order valence-corrected chi connectivity index (χ2v) is 8.58. The lowest BCUT2D eigenvalue weighted by Crippen LogP contribution is -2.41. The van der Waals surface area contributed by atoms with E-state index in [9.17, 15) is 9.59 Å². The largest absolute Gasteiger partial charge is 0.385 e. The van der Waals surface area contributed by atoms with Crippen molar-refractivity contribution < 1.29 is 19.1 Å². The number of hydrogen-bond donors (Lipinski definition) is 1. The molecule has 2 aromatic rings. The van der Waals surface area contributed by atoms with Gasteiger partial charge < -0.3 is 19.7 Å². The first-order valence-corrected chi connectivity index (χ1v) is 10.5. The number of aromatic nitrogens is 2. The van der Waals surface area contributed by atoms with Crippen LogP contribution in [-0.4, -0.2) is 67.0 Å². The highest BCUT2D eigenvalue weighted by atomic mass is 35.5. The maximum Gasteiger partial charge on any atom is 0.249 e. The highest BCUT2D eigenvalue weighted by Gasteiger charge is 2.23. The van der Waals surface area contributed by atoms with E-state index in [4.69, 9.17) is 21.1 Å². The van der Waals surface area contributed by atoms with Crippen molar-refractivity contribution in [1.82, 2.24) is 14.7 Å². The Kier molecular flexibility index (Phi) is 9.03. The molecule has 0 saturated heterocycles. The fourth-order valence-corrected chi connectivity index (χ4v) is 3.12. The van der Waals surface area contributed by atoms with Gasteiger partial charge in [-0.1, -0.05) is 44.5 Å². The Morgan fingerprint density at radius 3 is 2.52 bits per heavy atom. The van der Waals surface area contributed by atoms with Gasteiger partial charge in [0.05, 0.1) is 22.9 Å². The highest BCUT2D eigenvalue weighted by Crippen LogP contribution is 2.29. The number of anilines is 1. The van der Waals surface area contributed by atoms with E-state index in [0.29, 0.717) is 36.1 Å². The van der Waals surface area contributed by atoms with Crippen molar-refractivity contribution in [2.75, 3.05) is 45.8 Å². The Hall–Kier alpha value is -2.42. The zero-order valence-corrected chi connectivity index (χ0v) is 19.5. The summed E-state index contributed by atoms with van der Waals surface area (Å²) in [5.74, 6) is -0.113. The van der Waals surface area contributed by atoms with Crippen LogP contribution in [0, 0.1) is 0 Å². The van der Waals surface area contributed by atoms with Crippen molar-refractivity contribution in [2.45, 2.75) is 32.6 Å². The Labute approximate surface area is 188 Å². The van der Waals surface area contributed by atoms with Gasteiger partial charge in [-0.05, 0) is 18.6 Å². The number of carbonyl (C=O) groups excluding carboxylic acids is 2. The van der Waals surface area contributed by atoms with E-state index in [0.717, 1.165) is 5.69 Å². The monoisotopic (exact) mass is 450 g/mol. The molecule has 0 aliphatic heterocycles. The van der Waals surface area contributed by atoms with Crippen molar-refractivity contribution >= 4 is 29.2 Å². The molecule has 0 aliphatic carbocycles. The number of nitrogens with zero attached hydrogens (tertiary/aromatic N) is 3. The maximum atomic E-state index is 12.8. The zero-order chi connectivity index (χ0) is 23.0. The molecule has 2 rings (SSSR count). The number of carbonyl (C=O) groups is 2. The van der Waals surface area contributed by atoms with Crippen LogP contribution in [0.1, 0.15) is 32.9 Å². The SMILES string of the molecule is COCCCN(CC(=O)Nc1cc(C(C)(C)C)nn1-c1ccccc1Cl)C(=O)COC. The maximum absolute atomic E-state index is 12.8. The average Bonchev–Trinajstić information content (AvgIpc) is 3.11. The first-order chi connectivity index (χ1) is 14.7. The van der Waals surface area contributed by atoms with Gasteiger partial charge in [-0.15, -0.1) is 0 Å². The topological polar surface area (TPSA) is 85.7 Å². The van der Waals surface area contributed by atoms with Crippen molar-refractivity contribution in [3.05, 3.63) is 41.0 Å². The average molecular weight is 451 g/mol. The fraction of sp³-hybridized carbons (Fsp3) is 0.500. The minimum absolute atomic E-state index is 0.0913. The van der Waals surface area contributed by atoms with Gasteiger partial charge in [0.15, 0.2) is 0 Å². The molecule has 8 nitrogen and oxygen atoms in total. The van der Waals surface area contributed by atoms with E-state index in [2.05, 4.69) is 10.4 Å². The molecular formula is C22H31ClN4O4. The van der Waals surface area contributed by atoms with E-state index in [1.807, 2.05) is 45.0 Å². The van der Waals surface area contributed by atoms with E-state index >= 15 is 0 Å². The Morgan fingerprint density at radius 2 is 1.90 bits per heavy atom. The summed E-state index contributed by atoms with van der Waals surface area (Å²) in [6.45, 7) is 6.81. The van der Waals surface area contributed by atoms with Crippen molar-refractivity contribution in [3.8, 4) is 5.69 Å². The number of methoxy groups -OCH3 is 2. The van der Waals surface area contributed by atoms with Crippen LogP contribution in [0.2, 0.25) is 5.02 Å². The number of rotatable bonds is 10. The van der Waals surface area contributed by atoms with Crippen LogP contribution in [0.3, 0.4) is 0 Å². The number of halogens is 1.